The Labute approximate surface area is 201 Å². The number of amides is 1. The molecule has 2 aromatic carbocycles. The third kappa shape index (κ3) is 7.85. The van der Waals surface area contributed by atoms with E-state index >= 15 is 0 Å². The van der Waals surface area contributed by atoms with Gasteiger partial charge in [-0.05, 0) is 42.5 Å². The fourth-order valence-corrected chi connectivity index (χ4v) is 4.83. The number of carboxylic acid groups (broad SMARTS) is 1. The quantitative estimate of drug-likeness (QED) is 0.420. The maximum Gasteiger partial charge on any atom is 0.306 e. The van der Waals surface area contributed by atoms with E-state index in [4.69, 9.17) is 5.11 Å². The summed E-state index contributed by atoms with van der Waals surface area (Å²) in [5.74, 6) is -2.26. The lowest BCUT2D eigenvalue weighted by atomic mass is 9.92. The molecule has 9 heteroatoms. The smallest absolute Gasteiger partial charge is 0.306 e. The van der Waals surface area contributed by atoms with E-state index in [1.54, 1.807) is 42.5 Å². The second-order valence-corrected chi connectivity index (χ2v) is 11.0. The molecular weight excluding hydrogens is 456 g/mol. The van der Waals surface area contributed by atoms with Crippen molar-refractivity contribution in [1.82, 2.24) is 5.32 Å². The highest BCUT2D eigenvalue weighted by Crippen LogP contribution is 2.21. The zero-order valence-corrected chi connectivity index (χ0v) is 20.8. The van der Waals surface area contributed by atoms with Gasteiger partial charge in [-0.2, -0.15) is 0 Å². The van der Waals surface area contributed by atoms with Crippen LogP contribution in [0.5, 0.6) is 0 Å². The van der Waals surface area contributed by atoms with E-state index in [2.05, 4.69) is 5.32 Å². The first-order chi connectivity index (χ1) is 15.9. The number of hydrogen-bond donors (Lipinski definition) is 3. The van der Waals surface area contributed by atoms with E-state index in [-0.39, 0.29) is 23.7 Å². The normalized spacial score (nSPS) is 14.3. The van der Waals surface area contributed by atoms with Gasteiger partial charge in [-0.1, -0.05) is 57.2 Å². The van der Waals surface area contributed by atoms with Crippen LogP contribution in [0, 0.1) is 11.8 Å². The lowest BCUT2D eigenvalue weighted by Crippen LogP contribution is -2.45. The molecule has 0 radical (unpaired) electrons. The van der Waals surface area contributed by atoms with E-state index in [9.17, 15) is 23.1 Å². The van der Waals surface area contributed by atoms with Gasteiger partial charge in [0.15, 0.2) is 0 Å². The van der Waals surface area contributed by atoms with Crippen LogP contribution >= 0.6 is 0 Å². The predicted molar refractivity (Wildman–Crippen MR) is 132 cm³/mol. The maximum atomic E-state index is 13.0. The highest BCUT2D eigenvalue weighted by Gasteiger charge is 2.27. The summed E-state index contributed by atoms with van der Waals surface area (Å²) in [5.41, 5.74) is 1.24. The molecule has 1 amide bonds. The van der Waals surface area contributed by atoms with Gasteiger partial charge < -0.3 is 15.5 Å². The molecule has 0 fully saturated rings. The minimum atomic E-state index is -3.68. The van der Waals surface area contributed by atoms with Gasteiger partial charge in [0.25, 0.3) is 5.91 Å². The number of nitrogens with zero attached hydrogens (tertiary/aromatic N) is 1. The Balaban J connectivity index is 2.18. The zero-order chi connectivity index (χ0) is 25.5. The first kappa shape index (κ1) is 27.3. The number of aliphatic hydroxyl groups excluding tert-OH is 1. The fourth-order valence-electron chi connectivity index (χ4n) is 3.58. The Morgan fingerprint density at radius 3 is 2.24 bits per heavy atom. The van der Waals surface area contributed by atoms with E-state index in [1.807, 2.05) is 19.9 Å². The number of carbonyl (C=O) groups excluding carboxylic acids is 1. The van der Waals surface area contributed by atoms with Gasteiger partial charge >= 0.3 is 5.97 Å². The van der Waals surface area contributed by atoms with E-state index in [1.165, 1.54) is 20.0 Å². The molecule has 0 bridgehead atoms. The Morgan fingerprint density at radius 1 is 1.00 bits per heavy atom. The monoisotopic (exact) mass is 490 g/mol. The Bertz CT molecular complexity index is 1070. The number of carboxylic acids is 1. The lowest BCUT2D eigenvalue weighted by molar-refractivity contribution is -0.142. The molecule has 0 aliphatic heterocycles. The standard InChI is InChI=1S/C25H34N2O6S/c1-17(2)13-22(23(28)14-18(3)25(30)31)26-24(29)20-11-8-12-21(15-20)27(4)34(32,33)16-19-9-6-5-7-10-19/h5-12,15,17-18,22-23,28H,13-14,16H2,1-4H3,(H,26,29)(H,30,31)/t18?,22-,23?/m0/s1. The molecule has 3 atom stereocenters. The summed E-state index contributed by atoms with van der Waals surface area (Å²) >= 11 is 0. The Morgan fingerprint density at radius 2 is 1.65 bits per heavy atom. The average molecular weight is 491 g/mol. The van der Waals surface area contributed by atoms with Crippen molar-refractivity contribution in [2.45, 2.75) is 51.5 Å². The van der Waals surface area contributed by atoms with Crippen molar-refractivity contribution in [3.8, 4) is 0 Å². The number of aliphatic hydroxyl groups is 1. The van der Waals surface area contributed by atoms with Gasteiger partial charge in [-0.3, -0.25) is 13.9 Å². The topological polar surface area (TPSA) is 124 Å². The van der Waals surface area contributed by atoms with Gasteiger partial charge in [-0.15, -0.1) is 0 Å². The highest BCUT2D eigenvalue weighted by atomic mass is 32.2. The first-order valence-corrected chi connectivity index (χ1v) is 12.8. The third-order valence-corrected chi connectivity index (χ3v) is 7.35. The summed E-state index contributed by atoms with van der Waals surface area (Å²) < 4.78 is 26.9. The Hall–Kier alpha value is -2.91. The van der Waals surface area contributed by atoms with Gasteiger partial charge in [0.05, 0.1) is 29.5 Å². The van der Waals surface area contributed by atoms with Crippen LogP contribution in [0.1, 0.15) is 49.5 Å². The first-order valence-electron chi connectivity index (χ1n) is 11.2. The molecule has 0 heterocycles. The van der Waals surface area contributed by atoms with Crippen molar-refractivity contribution in [3.05, 3.63) is 65.7 Å². The van der Waals surface area contributed by atoms with Crippen LogP contribution in [0.4, 0.5) is 5.69 Å². The molecule has 2 rings (SSSR count). The number of aliphatic carboxylic acids is 1. The van der Waals surface area contributed by atoms with Crippen LogP contribution in [0.3, 0.4) is 0 Å². The molecule has 186 valence electrons. The lowest BCUT2D eigenvalue weighted by Gasteiger charge is -2.27. The summed E-state index contributed by atoms with van der Waals surface area (Å²) in [4.78, 5) is 24.1. The molecule has 0 spiro atoms. The summed E-state index contributed by atoms with van der Waals surface area (Å²) in [6.07, 6.45) is -0.563. The van der Waals surface area contributed by atoms with Gasteiger partial charge in [0, 0.05) is 12.6 Å². The van der Waals surface area contributed by atoms with Crippen molar-refractivity contribution in [2.75, 3.05) is 11.4 Å². The van der Waals surface area contributed by atoms with Crippen molar-refractivity contribution in [2.24, 2.45) is 11.8 Å². The highest BCUT2D eigenvalue weighted by molar-refractivity contribution is 7.92. The molecule has 0 aliphatic carbocycles. The molecule has 0 saturated heterocycles. The van der Waals surface area contributed by atoms with Crippen molar-refractivity contribution >= 4 is 27.6 Å². The maximum absolute atomic E-state index is 13.0. The molecule has 0 aromatic heterocycles. The van der Waals surface area contributed by atoms with Gasteiger partial charge in [-0.25, -0.2) is 8.42 Å². The predicted octanol–water partition coefficient (Wildman–Crippen LogP) is 3.27. The molecule has 34 heavy (non-hydrogen) atoms. The van der Waals surface area contributed by atoms with Crippen molar-refractivity contribution < 1.29 is 28.2 Å². The van der Waals surface area contributed by atoms with E-state index in [0.717, 1.165) is 4.31 Å². The molecule has 3 N–H and O–H groups in total. The van der Waals surface area contributed by atoms with Crippen LogP contribution in [-0.4, -0.2) is 49.7 Å². The second-order valence-electron chi connectivity index (χ2n) is 9.01. The van der Waals surface area contributed by atoms with Crippen LogP contribution in [0.15, 0.2) is 54.6 Å². The van der Waals surface area contributed by atoms with Crippen molar-refractivity contribution in [3.63, 3.8) is 0 Å². The van der Waals surface area contributed by atoms with E-state index < -0.39 is 40.0 Å². The second kappa shape index (κ2) is 12.0. The summed E-state index contributed by atoms with van der Waals surface area (Å²) in [5, 5.41) is 22.5. The summed E-state index contributed by atoms with van der Waals surface area (Å²) in [7, 11) is -2.24. The van der Waals surface area contributed by atoms with Gasteiger partial charge in [0.1, 0.15) is 0 Å². The van der Waals surface area contributed by atoms with Crippen LogP contribution in [0.2, 0.25) is 0 Å². The average Bonchev–Trinajstić information content (AvgIpc) is 2.78. The molecular formula is C25H34N2O6S. The number of rotatable bonds is 12. The van der Waals surface area contributed by atoms with Crippen LogP contribution < -0.4 is 9.62 Å². The van der Waals surface area contributed by atoms with E-state index in [0.29, 0.717) is 17.7 Å². The molecule has 2 aromatic rings. The largest absolute Gasteiger partial charge is 0.481 e. The number of hydrogen-bond acceptors (Lipinski definition) is 5. The van der Waals surface area contributed by atoms with Gasteiger partial charge in [0.2, 0.25) is 10.0 Å². The minimum Gasteiger partial charge on any atom is -0.481 e. The Kier molecular flexibility index (Phi) is 9.64. The molecule has 0 saturated carbocycles. The third-order valence-electron chi connectivity index (χ3n) is 5.60. The SMILES string of the molecule is CC(C)C[C@H](NC(=O)c1cccc(N(C)S(=O)(=O)Cc2ccccc2)c1)C(O)CC(C)C(=O)O. The number of carbonyl (C=O) groups is 2. The van der Waals surface area contributed by atoms with Crippen LogP contribution in [-0.2, 0) is 20.6 Å². The minimum absolute atomic E-state index is 0.00745. The number of nitrogens with one attached hydrogen (secondary N) is 1. The fraction of sp³-hybridized carbons (Fsp3) is 0.440. The molecule has 8 nitrogen and oxygen atoms in total. The van der Waals surface area contributed by atoms with Crippen LogP contribution in [0.25, 0.3) is 0 Å². The number of anilines is 1. The molecule has 0 aliphatic rings. The molecule has 2 unspecified atom stereocenters. The summed E-state index contributed by atoms with van der Waals surface area (Å²) in [6, 6.07) is 14.4. The summed E-state index contributed by atoms with van der Waals surface area (Å²) in [6.45, 7) is 5.40. The van der Waals surface area contributed by atoms with Crippen molar-refractivity contribution in [1.29, 1.82) is 0 Å². The number of benzene rings is 2. The number of sulfonamides is 1. The zero-order valence-electron chi connectivity index (χ0n) is 20.0.